The molecule has 14 heteroatoms. The molecule has 308 valence electrons. The van der Waals surface area contributed by atoms with Gasteiger partial charge in [-0.2, -0.15) is 0 Å². The Balaban J connectivity index is 0.941. The van der Waals surface area contributed by atoms with Crippen molar-refractivity contribution in [3.8, 4) is 0 Å². The number of amides is 4. The van der Waals surface area contributed by atoms with Crippen molar-refractivity contribution in [3.05, 3.63) is 63.6 Å². The molecule has 1 aromatic heterocycles. The summed E-state index contributed by atoms with van der Waals surface area (Å²) in [4.78, 5) is 75.8. The van der Waals surface area contributed by atoms with Crippen LogP contribution >= 0.6 is 0 Å². The van der Waals surface area contributed by atoms with Gasteiger partial charge in [0.15, 0.2) is 11.7 Å². The normalized spacial score (nSPS) is 19.5. The number of aromatic nitrogens is 1. The summed E-state index contributed by atoms with van der Waals surface area (Å²) in [5, 5.41) is 3.05. The molecule has 2 N–H and O–H groups in total. The Morgan fingerprint density at radius 2 is 1.60 bits per heavy atom. The van der Waals surface area contributed by atoms with E-state index in [9.17, 15) is 24.0 Å². The van der Waals surface area contributed by atoms with Gasteiger partial charge in [-0.05, 0) is 112 Å². The Kier molecular flexibility index (Phi) is 13.2. The number of hydrogen-bond donors (Lipinski definition) is 2. The molecule has 4 amide bonds. The minimum atomic E-state index is -1.05. The van der Waals surface area contributed by atoms with Gasteiger partial charge >= 0.3 is 23.8 Å². The van der Waals surface area contributed by atoms with Crippen LogP contribution in [0.15, 0.2) is 45.6 Å². The van der Waals surface area contributed by atoms with Gasteiger partial charge < -0.3 is 38.8 Å². The lowest BCUT2D eigenvalue weighted by Crippen LogP contribution is -2.52. The van der Waals surface area contributed by atoms with Crippen LogP contribution < -0.4 is 11.1 Å². The van der Waals surface area contributed by atoms with Crippen LogP contribution in [0.5, 0.6) is 0 Å². The van der Waals surface area contributed by atoms with Crippen LogP contribution in [0.3, 0.4) is 0 Å². The van der Waals surface area contributed by atoms with E-state index in [1.54, 1.807) is 11.0 Å². The second-order valence-corrected chi connectivity index (χ2v) is 16.3. The minimum Gasteiger partial charge on any atom is -0.466 e. The molecule has 0 unspecified atom stereocenters. The summed E-state index contributed by atoms with van der Waals surface area (Å²) in [6.07, 6.45) is 6.80. The molecule has 4 aliphatic rings. The average Bonchev–Trinajstić information content (AvgIpc) is 3.52. The number of piperidine rings is 3. The van der Waals surface area contributed by atoms with Crippen molar-refractivity contribution < 1.29 is 33.1 Å². The largest absolute Gasteiger partial charge is 0.466 e. The maximum Gasteiger partial charge on any atom is 0.417 e. The number of carbonyl (C=O) groups is 4. The highest BCUT2D eigenvalue weighted by Crippen LogP contribution is 2.33. The number of anilines is 1. The van der Waals surface area contributed by atoms with Crippen LogP contribution in [0.1, 0.15) is 81.4 Å². The molecule has 3 fully saturated rings. The number of para-hydroxylation sites is 1. The third-order valence-corrected chi connectivity index (χ3v) is 12.6. The quantitative estimate of drug-likeness (QED) is 0.173. The van der Waals surface area contributed by atoms with Crippen molar-refractivity contribution in [1.82, 2.24) is 24.6 Å². The number of esters is 1. The first-order chi connectivity index (χ1) is 27.6. The second-order valence-electron chi connectivity index (χ2n) is 16.3. The van der Waals surface area contributed by atoms with Gasteiger partial charge in [0.2, 0.25) is 0 Å². The van der Waals surface area contributed by atoms with E-state index in [0.717, 1.165) is 87.0 Å². The van der Waals surface area contributed by atoms with Crippen LogP contribution in [0, 0.1) is 18.8 Å². The Morgan fingerprint density at radius 1 is 0.895 bits per heavy atom. The van der Waals surface area contributed by atoms with Crippen molar-refractivity contribution in [2.45, 2.75) is 96.6 Å². The van der Waals surface area contributed by atoms with Gasteiger partial charge in [-0.15, -0.1) is 0 Å². The zero-order valence-corrected chi connectivity index (χ0v) is 33.5. The van der Waals surface area contributed by atoms with E-state index in [-0.39, 0.29) is 30.4 Å². The van der Waals surface area contributed by atoms with Gasteiger partial charge in [-0.3, -0.25) is 14.6 Å². The number of nitrogens with zero attached hydrogens (tertiary/aromatic N) is 4. The smallest absolute Gasteiger partial charge is 0.417 e. The molecule has 7 rings (SSSR count). The first-order valence-corrected chi connectivity index (χ1v) is 21.0. The number of aryl methyl sites for hydroxylation is 1. The molecule has 4 aliphatic heterocycles. The van der Waals surface area contributed by atoms with Gasteiger partial charge in [0.1, 0.15) is 0 Å². The molecule has 57 heavy (non-hydrogen) atoms. The maximum absolute atomic E-state index is 14.3. The summed E-state index contributed by atoms with van der Waals surface area (Å²) < 4.78 is 16.8. The van der Waals surface area contributed by atoms with Crippen molar-refractivity contribution in [1.29, 1.82) is 0 Å². The summed E-state index contributed by atoms with van der Waals surface area (Å²) in [5.74, 6) is 0.207. The molecule has 3 saturated heterocycles. The van der Waals surface area contributed by atoms with Crippen LogP contribution in [0.2, 0.25) is 0 Å². The number of urea groups is 1. The van der Waals surface area contributed by atoms with Crippen molar-refractivity contribution in [2.75, 3.05) is 64.3 Å². The second kappa shape index (κ2) is 18.6. The van der Waals surface area contributed by atoms with Gasteiger partial charge in [0.25, 0.3) is 5.91 Å². The fourth-order valence-electron chi connectivity index (χ4n) is 9.20. The first kappa shape index (κ1) is 40.4. The molecule has 0 spiro atoms. The Morgan fingerprint density at radius 3 is 2.33 bits per heavy atom. The molecule has 1 atom stereocenters. The number of carbonyl (C=O) groups excluding carboxylic acids is 4. The summed E-state index contributed by atoms with van der Waals surface area (Å²) in [5.41, 5.74) is 4.48. The van der Waals surface area contributed by atoms with Crippen molar-refractivity contribution in [2.24, 2.45) is 11.8 Å². The molecule has 5 heterocycles. The van der Waals surface area contributed by atoms with E-state index in [4.69, 9.17) is 13.9 Å². The molecule has 2 aromatic carbocycles. The highest BCUT2D eigenvalue weighted by molar-refractivity contribution is 5.91. The number of benzene rings is 2. The highest BCUT2D eigenvalue weighted by Gasteiger charge is 2.37. The number of nitrogens with one attached hydrogen (secondary N) is 2. The molecule has 0 saturated carbocycles. The number of ether oxygens (including phenoxy) is 2. The van der Waals surface area contributed by atoms with Crippen molar-refractivity contribution >= 4 is 40.8 Å². The lowest BCUT2D eigenvalue weighted by Gasteiger charge is -2.41. The third-order valence-electron chi connectivity index (χ3n) is 12.6. The Hall–Kier alpha value is -4.85. The van der Waals surface area contributed by atoms with Crippen LogP contribution in [-0.4, -0.2) is 120 Å². The predicted molar refractivity (Wildman–Crippen MR) is 215 cm³/mol. The van der Waals surface area contributed by atoms with Gasteiger partial charge in [0.05, 0.1) is 18.5 Å². The maximum atomic E-state index is 14.3. The number of likely N-dealkylation sites (tertiary alicyclic amines) is 3. The van der Waals surface area contributed by atoms with Gasteiger partial charge in [0, 0.05) is 57.4 Å². The van der Waals surface area contributed by atoms with Crippen LogP contribution in [0.4, 0.5) is 15.3 Å². The number of fused-ring (bicyclic) bond motifs is 2. The van der Waals surface area contributed by atoms with Gasteiger partial charge in [-0.1, -0.05) is 37.6 Å². The van der Waals surface area contributed by atoms with Crippen LogP contribution in [0.25, 0.3) is 11.1 Å². The summed E-state index contributed by atoms with van der Waals surface area (Å²) in [6, 6.07) is 11.3. The zero-order valence-electron chi connectivity index (χ0n) is 33.5. The molecular formula is C43H58N6O8. The molecule has 3 aromatic rings. The van der Waals surface area contributed by atoms with E-state index in [0.29, 0.717) is 81.5 Å². The molecule has 0 aliphatic carbocycles. The summed E-state index contributed by atoms with van der Waals surface area (Å²) >= 11 is 0. The Bertz CT molecular complexity index is 1940. The fraction of sp³-hybridized carbons (Fsp3) is 0.605. The highest BCUT2D eigenvalue weighted by atomic mass is 16.6. The monoisotopic (exact) mass is 786 g/mol. The van der Waals surface area contributed by atoms with E-state index in [1.165, 1.54) is 0 Å². The van der Waals surface area contributed by atoms with E-state index in [1.807, 2.05) is 47.1 Å². The zero-order chi connectivity index (χ0) is 39.9. The standard InChI is InChI=1S/C43H58N6O8/c1-3-4-25-55-38(50)16-19-46-17-9-31(10-18-46)32-11-20-47(21-12-32)40(51)37(28-30-26-29(2)39-36(27-30)56-42(53)45-39)57-43(54)48-22-14-34(15-23-48)49-24-13-33-7-5-6-8-35(33)44-41(49)52/h5-8,26-27,31-32,34,37H,3-4,9-25,28H2,1-2H3,(H,44,52)(H,45,53)/t37-/m1/s1. The minimum absolute atomic E-state index is 0.0147. The topological polar surface area (TPSA) is 158 Å². The summed E-state index contributed by atoms with van der Waals surface area (Å²) in [7, 11) is 0. The lowest BCUT2D eigenvalue weighted by atomic mass is 9.78. The number of unbranched alkanes of at least 4 members (excludes halogenated alkanes) is 1. The van der Waals surface area contributed by atoms with Gasteiger partial charge in [-0.25, -0.2) is 14.4 Å². The van der Waals surface area contributed by atoms with Crippen molar-refractivity contribution in [3.63, 3.8) is 0 Å². The molecule has 0 radical (unpaired) electrons. The fourth-order valence-corrected chi connectivity index (χ4v) is 9.20. The van der Waals surface area contributed by atoms with E-state index >= 15 is 0 Å². The molecule has 0 bridgehead atoms. The number of oxazole rings is 1. The number of H-pyrrole nitrogens is 1. The van der Waals surface area contributed by atoms with E-state index < -0.39 is 18.0 Å². The SMILES string of the molecule is CCCCOC(=O)CCN1CCC(C2CCN(C(=O)[C@@H](Cc3cc(C)c4[nH]c(=O)oc4c3)OC(=O)N3CCC(N4CCc5ccccc5NC4=O)CC3)CC2)CC1. The average molecular weight is 787 g/mol. The predicted octanol–water partition coefficient (Wildman–Crippen LogP) is 5.72. The first-order valence-electron chi connectivity index (χ1n) is 21.0. The lowest BCUT2D eigenvalue weighted by molar-refractivity contribution is -0.144. The van der Waals surface area contributed by atoms with Crippen LogP contribution in [-0.2, 0) is 31.9 Å². The number of hydrogen-bond acceptors (Lipinski definition) is 9. The Labute approximate surface area is 334 Å². The third kappa shape index (κ3) is 10.0. The van der Waals surface area contributed by atoms with E-state index in [2.05, 4.69) is 22.1 Å². The molecule has 14 nitrogen and oxygen atoms in total. The number of aromatic amines is 1. The molecular weight excluding hydrogens is 729 g/mol. The summed E-state index contributed by atoms with van der Waals surface area (Å²) in [6.45, 7) is 9.73. The number of rotatable bonds is 12.